The van der Waals surface area contributed by atoms with Crippen LogP contribution >= 0.6 is 11.3 Å². The highest BCUT2D eigenvalue weighted by molar-refractivity contribution is 7.17. The Kier molecular flexibility index (Phi) is 2.73. The Morgan fingerprint density at radius 1 is 1.53 bits per heavy atom. The van der Waals surface area contributed by atoms with Gasteiger partial charge in [-0.25, -0.2) is 0 Å². The zero-order valence-corrected chi connectivity index (χ0v) is 9.51. The minimum atomic E-state index is 0.106. The van der Waals surface area contributed by atoms with Crippen LogP contribution in [0.4, 0.5) is 0 Å². The summed E-state index contributed by atoms with van der Waals surface area (Å²) in [6, 6.07) is 3.89. The first-order valence-corrected chi connectivity index (χ1v) is 5.77. The molecule has 0 radical (unpaired) electrons. The number of pyridine rings is 1. The molecular formula is C12H13NOS. The molecule has 2 aromatic rings. The van der Waals surface area contributed by atoms with Crippen LogP contribution in [0, 0.1) is 0 Å². The summed E-state index contributed by atoms with van der Waals surface area (Å²) in [7, 11) is 0. The summed E-state index contributed by atoms with van der Waals surface area (Å²) in [5.74, 6) is 0. The Bertz CT molecular complexity index is 550. The summed E-state index contributed by atoms with van der Waals surface area (Å²) in [5.41, 5.74) is 1.21. The van der Waals surface area contributed by atoms with E-state index in [-0.39, 0.29) is 5.56 Å². The molecule has 3 heteroatoms. The van der Waals surface area contributed by atoms with Crippen molar-refractivity contribution >= 4 is 21.4 Å². The highest BCUT2D eigenvalue weighted by Crippen LogP contribution is 2.16. The first-order chi connectivity index (χ1) is 7.18. The van der Waals surface area contributed by atoms with E-state index in [1.165, 1.54) is 0 Å². The molecule has 0 aliphatic rings. The lowest BCUT2D eigenvalue weighted by molar-refractivity contribution is 0.672. The first-order valence-electron chi connectivity index (χ1n) is 4.89. The summed E-state index contributed by atoms with van der Waals surface area (Å²) < 4.78 is 2.82. The highest BCUT2D eigenvalue weighted by Gasteiger charge is 2.02. The summed E-state index contributed by atoms with van der Waals surface area (Å²) in [6.07, 6.45) is 2.72. The molecule has 0 aliphatic heterocycles. The van der Waals surface area contributed by atoms with E-state index in [2.05, 4.69) is 6.58 Å². The van der Waals surface area contributed by atoms with Crippen LogP contribution in [-0.4, -0.2) is 4.57 Å². The van der Waals surface area contributed by atoms with Crippen LogP contribution < -0.4 is 5.56 Å². The van der Waals surface area contributed by atoms with Gasteiger partial charge < -0.3 is 4.57 Å². The fourth-order valence-electron chi connectivity index (χ4n) is 1.49. The van der Waals surface area contributed by atoms with Crippen LogP contribution in [0.2, 0.25) is 0 Å². The van der Waals surface area contributed by atoms with Crippen LogP contribution in [0.25, 0.3) is 10.1 Å². The molecule has 0 aliphatic carbocycles. The van der Waals surface area contributed by atoms with Crippen LogP contribution in [0.5, 0.6) is 0 Å². The van der Waals surface area contributed by atoms with Gasteiger partial charge >= 0.3 is 0 Å². The van der Waals surface area contributed by atoms with Crippen molar-refractivity contribution in [3.8, 4) is 0 Å². The zero-order valence-electron chi connectivity index (χ0n) is 8.69. The van der Waals surface area contributed by atoms with Gasteiger partial charge in [0.15, 0.2) is 0 Å². The van der Waals surface area contributed by atoms with Crippen molar-refractivity contribution in [2.24, 2.45) is 0 Å². The summed E-state index contributed by atoms with van der Waals surface area (Å²) in [5, 5.41) is 2.78. The molecule has 2 nitrogen and oxygen atoms in total. The lowest BCUT2D eigenvalue weighted by atomic mass is 10.2. The Hall–Kier alpha value is -1.35. The molecule has 0 atom stereocenters. The molecule has 2 aromatic heterocycles. The smallest absolute Gasteiger partial charge is 0.259 e. The van der Waals surface area contributed by atoms with Gasteiger partial charge in [0.1, 0.15) is 0 Å². The van der Waals surface area contributed by atoms with Crippen molar-refractivity contribution in [1.29, 1.82) is 0 Å². The van der Waals surface area contributed by atoms with Gasteiger partial charge in [-0.2, -0.15) is 0 Å². The van der Waals surface area contributed by atoms with Gasteiger partial charge in [-0.1, -0.05) is 5.57 Å². The second kappa shape index (κ2) is 4.03. The molecule has 0 bridgehead atoms. The average molecular weight is 219 g/mol. The Balaban J connectivity index is 2.40. The number of rotatable bonds is 3. The van der Waals surface area contributed by atoms with Crippen molar-refractivity contribution in [3.63, 3.8) is 0 Å². The predicted octanol–water partition coefficient (Wildman–Crippen LogP) is 3.03. The van der Waals surface area contributed by atoms with Gasteiger partial charge in [0.2, 0.25) is 0 Å². The van der Waals surface area contributed by atoms with E-state index in [0.717, 1.165) is 28.6 Å². The molecule has 0 fully saturated rings. The monoisotopic (exact) mass is 219 g/mol. The number of aromatic nitrogens is 1. The van der Waals surface area contributed by atoms with Crippen molar-refractivity contribution in [2.75, 3.05) is 0 Å². The van der Waals surface area contributed by atoms with Crippen LogP contribution in [-0.2, 0) is 6.54 Å². The van der Waals surface area contributed by atoms with Crippen molar-refractivity contribution < 1.29 is 0 Å². The fraction of sp³-hybridized carbons (Fsp3) is 0.250. The lowest BCUT2D eigenvalue weighted by Crippen LogP contribution is -2.18. The van der Waals surface area contributed by atoms with E-state index < -0.39 is 0 Å². The van der Waals surface area contributed by atoms with Crippen molar-refractivity contribution in [1.82, 2.24) is 4.57 Å². The molecule has 0 aromatic carbocycles. The fourth-order valence-corrected chi connectivity index (χ4v) is 2.27. The third-order valence-corrected chi connectivity index (χ3v) is 3.25. The first kappa shape index (κ1) is 10.2. The third kappa shape index (κ3) is 2.02. The number of hydrogen-bond donors (Lipinski definition) is 0. The van der Waals surface area contributed by atoms with E-state index in [1.54, 1.807) is 15.9 Å². The third-order valence-electron chi connectivity index (χ3n) is 2.37. The molecule has 0 amide bonds. The van der Waals surface area contributed by atoms with Gasteiger partial charge in [0, 0.05) is 17.4 Å². The second-order valence-electron chi connectivity index (χ2n) is 3.72. The van der Waals surface area contributed by atoms with E-state index in [4.69, 9.17) is 0 Å². The minimum absolute atomic E-state index is 0.106. The van der Waals surface area contributed by atoms with E-state index in [1.807, 2.05) is 30.6 Å². The zero-order chi connectivity index (χ0) is 10.8. The number of thiophene rings is 1. The van der Waals surface area contributed by atoms with Crippen molar-refractivity contribution in [2.45, 2.75) is 19.9 Å². The predicted molar refractivity (Wildman–Crippen MR) is 65.5 cm³/mol. The number of nitrogens with zero attached hydrogens (tertiary/aromatic N) is 1. The van der Waals surface area contributed by atoms with Crippen LogP contribution in [0.3, 0.4) is 0 Å². The maximum atomic E-state index is 11.9. The standard InChI is InChI=1S/C12H13NOS/c1-9(2)3-6-13-7-4-11-10(12(13)14)5-8-15-11/h4-5,7-8H,1,3,6H2,2H3. The van der Waals surface area contributed by atoms with Gasteiger partial charge in [-0.15, -0.1) is 17.9 Å². The average Bonchev–Trinajstić information content (AvgIpc) is 2.65. The highest BCUT2D eigenvalue weighted by atomic mass is 32.1. The lowest BCUT2D eigenvalue weighted by Gasteiger charge is -2.04. The number of aryl methyl sites for hydroxylation is 1. The number of hydrogen-bond acceptors (Lipinski definition) is 2. The molecule has 78 valence electrons. The molecule has 2 rings (SSSR count). The maximum absolute atomic E-state index is 11.9. The largest absolute Gasteiger partial charge is 0.315 e. The van der Waals surface area contributed by atoms with Gasteiger partial charge in [0.05, 0.1) is 5.39 Å². The number of fused-ring (bicyclic) bond motifs is 1. The molecule has 15 heavy (non-hydrogen) atoms. The van der Waals surface area contributed by atoms with E-state index in [0.29, 0.717) is 0 Å². The maximum Gasteiger partial charge on any atom is 0.259 e. The molecular weight excluding hydrogens is 206 g/mol. The quantitative estimate of drug-likeness (QED) is 0.727. The van der Waals surface area contributed by atoms with E-state index in [9.17, 15) is 4.79 Å². The molecule has 0 unspecified atom stereocenters. The van der Waals surface area contributed by atoms with E-state index >= 15 is 0 Å². The molecule has 2 heterocycles. The second-order valence-corrected chi connectivity index (χ2v) is 4.67. The minimum Gasteiger partial charge on any atom is -0.315 e. The Morgan fingerprint density at radius 2 is 2.33 bits per heavy atom. The normalized spacial score (nSPS) is 10.7. The van der Waals surface area contributed by atoms with Crippen molar-refractivity contribution in [3.05, 3.63) is 46.2 Å². The van der Waals surface area contributed by atoms with Crippen LogP contribution in [0.1, 0.15) is 13.3 Å². The summed E-state index contributed by atoms with van der Waals surface area (Å²) in [4.78, 5) is 11.9. The SMILES string of the molecule is C=C(C)CCn1ccc2sccc2c1=O. The summed E-state index contributed by atoms with van der Waals surface area (Å²) in [6.45, 7) is 6.54. The molecule has 0 saturated heterocycles. The molecule has 0 saturated carbocycles. The van der Waals surface area contributed by atoms with Gasteiger partial charge in [-0.3, -0.25) is 4.79 Å². The Morgan fingerprint density at radius 3 is 3.07 bits per heavy atom. The Labute approximate surface area is 92.5 Å². The summed E-state index contributed by atoms with van der Waals surface area (Å²) >= 11 is 1.60. The van der Waals surface area contributed by atoms with Gasteiger partial charge in [-0.05, 0) is 30.9 Å². The molecule has 0 spiro atoms. The van der Waals surface area contributed by atoms with Gasteiger partial charge in [0.25, 0.3) is 5.56 Å². The van der Waals surface area contributed by atoms with Crippen LogP contribution in [0.15, 0.2) is 40.7 Å². The number of allylic oxidation sites excluding steroid dienone is 1. The topological polar surface area (TPSA) is 22.0 Å². The molecule has 0 N–H and O–H groups in total.